The lowest BCUT2D eigenvalue weighted by Crippen LogP contribution is -2.57. The Morgan fingerprint density at radius 1 is 1.42 bits per heavy atom. The SMILES string of the molecule is COC(=O)CC(=O)S[C@@H]1CC(=O)N1C(Cl)C(=O)OC. The van der Waals surface area contributed by atoms with Gasteiger partial charge in [0.2, 0.25) is 16.5 Å². The summed E-state index contributed by atoms with van der Waals surface area (Å²) < 4.78 is 8.77. The molecule has 0 aliphatic carbocycles. The molecular formula is C10H12ClNO6S. The summed E-state index contributed by atoms with van der Waals surface area (Å²) in [5.74, 6) is -1.79. The average Bonchev–Trinajstić information content (AvgIpc) is 2.36. The van der Waals surface area contributed by atoms with Gasteiger partial charge in [-0.25, -0.2) is 4.79 Å². The Kier molecular flexibility index (Phi) is 5.61. The summed E-state index contributed by atoms with van der Waals surface area (Å²) in [5.41, 5.74) is -1.27. The molecule has 1 aliphatic rings. The molecule has 2 atom stereocenters. The Balaban J connectivity index is 2.55. The van der Waals surface area contributed by atoms with Gasteiger partial charge < -0.3 is 14.4 Å². The number of hydrogen-bond acceptors (Lipinski definition) is 7. The number of methoxy groups -OCH3 is 2. The van der Waals surface area contributed by atoms with Crippen LogP contribution in [0, 0.1) is 0 Å². The minimum Gasteiger partial charge on any atom is -0.469 e. The second-order valence-corrected chi connectivity index (χ2v) is 5.21. The van der Waals surface area contributed by atoms with E-state index in [1.807, 2.05) is 0 Å². The lowest BCUT2D eigenvalue weighted by atomic mass is 10.2. The molecule has 9 heteroatoms. The van der Waals surface area contributed by atoms with E-state index in [0.29, 0.717) is 0 Å². The van der Waals surface area contributed by atoms with E-state index in [0.717, 1.165) is 23.8 Å². The van der Waals surface area contributed by atoms with Crippen LogP contribution >= 0.6 is 23.4 Å². The van der Waals surface area contributed by atoms with Crippen LogP contribution in [0.4, 0.5) is 0 Å². The lowest BCUT2D eigenvalue weighted by Gasteiger charge is -2.40. The number of esters is 2. The normalized spacial score (nSPS) is 19.4. The van der Waals surface area contributed by atoms with Gasteiger partial charge in [-0.3, -0.25) is 14.4 Å². The number of likely N-dealkylation sites (tertiary alicyclic amines) is 1. The maximum absolute atomic E-state index is 11.5. The molecule has 1 saturated heterocycles. The second kappa shape index (κ2) is 6.76. The zero-order chi connectivity index (χ0) is 14.6. The Hall–Kier alpha value is -1.28. The van der Waals surface area contributed by atoms with Crippen LogP contribution in [0.15, 0.2) is 0 Å². The van der Waals surface area contributed by atoms with E-state index in [2.05, 4.69) is 9.47 Å². The summed E-state index contributed by atoms with van der Waals surface area (Å²) in [6.07, 6.45) is -0.317. The van der Waals surface area contributed by atoms with E-state index in [-0.39, 0.29) is 12.3 Å². The highest BCUT2D eigenvalue weighted by Crippen LogP contribution is 2.34. The molecule has 0 aromatic rings. The summed E-state index contributed by atoms with van der Waals surface area (Å²) in [6, 6.07) is 0. The number of rotatable bonds is 5. The number of amides is 1. The fraction of sp³-hybridized carbons (Fsp3) is 0.600. The molecule has 1 amide bonds. The van der Waals surface area contributed by atoms with Crippen LogP contribution in [0.25, 0.3) is 0 Å². The molecule has 0 aromatic heterocycles. The molecule has 106 valence electrons. The van der Waals surface area contributed by atoms with Crippen molar-refractivity contribution in [3.63, 3.8) is 0 Å². The van der Waals surface area contributed by atoms with Crippen LogP contribution in [0.2, 0.25) is 0 Å². The first-order chi connectivity index (χ1) is 8.90. The standard InChI is InChI=1S/C10H12ClNO6S/c1-17-7(14)4-8(15)19-6-3-5(13)12(6)9(11)10(16)18-2/h6,9H,3-4H2,1-2H3/t6-,9?/m1/s1. The molecule has 0 saturated carbocycles. The molecule has 1 unspecified atom stereocenters. The third kappa shape index (κ3) is 3.84. The first kappa shape index (κ1) is 15.8. The van der Waals surface area contributed by atoms with Crippen LogP contribution in [0.3, 0.4) is 0 Å². The summed E-state index contributed by atoms with van der Waals surface area (Å²) in [5, 5.41) is -1.02. The first-order valence-corrected chi connectivity index (χ1v) is 6.51. The Morgan fingerprint density at radius 2 is 2.05 bits per heavy atom. The molecule has 0 bridgehead atoms. The van der Waals surface area contributed by atoms with Crippen molar-refractivity contribution in [3.05, 3.63) is 0 Å². The number of β-lactam (4-membered cyclic amide) rings is 1. The molecule has 1 heterocycles. The smallest absolute Gasteiger partial charge is 0.344 e. The maximum atomic E-state index is 11.5. The van der Waals surface area contributed by atoms with Gasteiger partial charge in [0.25, 0.3) is 0 Å². The largest absolute Gasteiger partial charge is 0.469 e. The van der Waals surface area contributed by atoms with Gasteiger partial charge >= 0.3 is 11.9 Å². The lowest BCUT2D eigenvalue weighted by molar-refractivity contribution is -0.155. The van der Waals surface area contributed by atoms with Gasteiger partial charge in [0, 0.05) is 0 Å². The zero-order valence-electron chi connectivity index (χ0n) is 10.3. The van der Waals surface area contributed by atoms with Crippen molar-refractivity contribution in [2.24, 2.45) is 0 Å². The van der Waals surface area contributed by atoms with Crippen molar-refractivity contribution < 1.29 is 28.7 Å². The quantitative estimate of drug-likeness (QED) is 0.234. The number of nitrogens with zero attached hydrogens (tertiary/aromatic N) is 1. The number of alkyl halides is 1. The minimum absolute atomic E-state index is 0.0811. The molecule has 19 heavy (non-hydrogen) atoms. The Labute approximate surface area is 118 Å². The Bertz CT molecular complexity index is 415. The van der Waals surface area contributed by atoms with Crippen molar-refractivity contribution in [2.75, 3.05) is 14.2 Å². The average molecular weight is 310 g/mol. The van der Waals surface area contributed by atoms with Crippen molar-refractivity contribution in [2.45, 2.75) is 23.7 Å². The van der Waals surface area contributed by atoms with Gasteiger partial charge in [-0.1, -0.05) is 23.4 Å². The van der Waals surface area contributed by atoms with E-state index in [1.165, 1.54) is 7.11 Å². The fourth-order valence-electron chi connectivity index (χ4n) is 1.37. The topological polar surface area (TPSA) is 90.0 Å². The number of hydrogen-bond donors (Lipinski definition) is 0. The van der Waals surface area contributed by atoms with E-state index < -0.39 is 34.3 Å². The van der Waals surface area contributed by atoms with E-state index >= 15 is 0 Å². The number of halogens is 1. The predicted octanol–water partition coefficient (Wildman–Crippen LogP) is 0.106. The van der Waals surface area contributed by atoms with Gasteiger partial charge in [0.05, 0.1) is 26.0 Å². The molecular weight excluding hydrogens is 298 g/mol. The highest BCUT2D eigenvalue weighted by atomic mass is 35.5. The summed E-state index contributed by atoms with van der Waals surface area (Å²) >= 11 is 6.52. The highest BCUT2D eigenvalue weighted by Gasteiger charge is 2.45. The number of ether oxygens (including phenoxy) is 2. The van der Waals surface area contributed by atoms with Crippen LogP contribution in [0.1, 0.15) is 12.8 Å². The third-order valence-electron chi connectivity index (χ3n) is 2.37. The van der Waals surface area contributed by atoms with Gasteiger partial charge in [-0.15, -0.1) is 0 Å². The number of carbonyl (C=O) groups is 4. The summed E-state index contributed by atoms with van der Waals surface area (Å²) in [4.78, 5) is 46.1. The highest BCUT2D eigenvalue weighted by molar-refractivity contribution is 8.14. The fourth-order valence-corrected chi connectivity index (χ4v) is 2.85. The summed E-state index contributed by atoms with van der Waals surface area (Å²) in [6.45, 7) is 0. The molecule has 0 N–H and O–H groups in total. The molecule has 7 nitrogen and oxygen atoms in total. The van der Waals surface area contributed by atoms with Gasteiger partial charge in [0.15, 0.2) is 0 Å². The summed E-state index contributed by atoms with van der Waals surface area (Å²) in [7, 11) is 2.32. The molecule has 0 aromatic carbocycles. The second-order valence-electron chi connectivity index (χ2n) is 3.56. The van der Waals surface area contributed by atoms with Crippen molar-refractivity contribution in [1.29, 1.82) is 0 Å². The molecule has 1 rings (SSSR count). The molecule has 1 fully saturated rings. The van der Waals surface area contributed by atoms with Crippen molar-refractivity contribution in [1.82, 2.24) is 4.90 Å². The van der Waals surface area contributed by atoms with Crippen LogP contribution < -0.4 is 0 Å². The van der Waals surface area contributed by atoms with Crippen LogP contribution in [0.5, 0.6) is 0 Å². The van der Waals surface area contributed by atoms with E-state index in [4.69, 9.17) is 11.6 Å². The minimum atomic E-state index is -1.27. The van der Waals surface area contributed by atoms with Crippen LogP contribution in [-0.4, -0.2) is 53.0 Å². The monoisotopic (exact) mass is 309 g/mol. The van der Waals surface area contributed by atoms with Crippen molar-refractivity contribution in [3.8, 4) is 0 Å². The van der Waals surface area contributed by atoms with Gasteiger partial charge in [0.1, 0.15) is 6.42 Å². The Morgan fingerprint density at radius 3 is 2.53 bits per heavy atom. The molecule has 0 spiro atoms. The van der Waals surface area contributed by atoms with E-state index in [1.54, 1.807) is 0 Å². The number of carbonyl (C=O) groups excluding carboxylic acids is 4. The van der Waals surface area contributed by atoms with Crippen molar-refractivity contribution >= 4 is 46.3 Å². The van der Waals surface area contributed by atoms with E-state index in [9.17, 15) is 19.2 Å². The van der Waals surface area contributed by atoms with Gasteiger partial charge in [-0.05, 0) is 0 Å². The van der Waals surface area contributed by atoms with Crippen LogP contribution in [-0.2, 0) is 28.7 Å². The predicted molar refractivity (Wildman–Crippen MR) is 66.1 cm³/mol. The number of thioether (sulfide) groups is 1. The molecule has 1 aliphatic heterocycles. The maximum Gasteiger partial charge on any atom is 0.344 e. The third-order valence-corrected chi connectivity index (χ3v) is 3.83. The molecule has 0 radical (unpaired) electrons. The first-order valence-electron chi connectivity index (χ1n) is 5.20. The zero-order valence-corrected chi connectivity index (χ0v) is 11.8. The van der Waals surface area contributed by atoms with Gasteiger partial charge in [-0.2, -0.15) is 0 Å².